The maximum absolute atomic E-state index is 4.45. The standard InChI is InChI=1S/C25H19N/c1-15-10-11-19-12-13-21-24(23(19)17(15)3)18(4)22-14-16(2)26(25(21)22)20-8-6-5-7-9-20/h5-13H,1-4,14H2. The van der Waals surface area contributed by atoms with E-state index < -0.39 is 0 Å². The summed E-state index contributed by atoms with van der Waals surface area (Å²) in [6.45, 7) is 17.2. The topological polar surface area (TPSA) is 3.24 Å². The average Bonchev–Trinajstić information content (AvgIpc) is 3.13. The predicted molar refractivity (Wildman–Crippen MR) is 113 cm³/mol. The highest BCUT2D eigenvalue weighted by molar-refractivity contribution is 6.13. The molecule has 1 aliphatic carbocycles. The molecule has 1 nitrogen and oxygen atoms in total. The minimum atomic E-state index is 0.829. The minimum absolute atomic E-state index is 0.829. The van der Waals surface area contributed by atoms with Crippen LogP contribution >= 0.6 is 0 Å². The molecule has 1 heterocycles. The molecule has 0 atom stereocenters. The summed E-state index contributed by atoms with van der Waals surface area (Å²) in [5.74, 6) is 0. The first-order chi connectivity index (χ1) is 12.6. The highest BCUT2D eigenvalue weighted by Gasteiger charge is 2.37. The summed E-state index contributed by atoms with van der Waals surface area (Å²) in [4.78, 5) is 2.27. The molecule has 2 aliphatic rings. The zero-order valence-electron chi connectivity index (χ0n) is 14.7. The maximum atomic E-state index is 4.45. The third-order valence-electron chi connectivity index (χ3n) is 5.53. The van der Waals surface area contributed by atoms with Gasteiger partial charge in [-0.05, 0) is 50.1 Å². The van der Waals surface area contributed by atoms with Gasteiger partial charge in [-0.1, -0.05) is 68.8 Å². The first-order valence-electron chi connectivity index (χ1n) is 8.77. The fourth-order valence-electron chi connectivity index (χ4n) is 4.28. The number of hydrogen-bond acceptors (Lipinski definition) is 1. The van der Waals surface area contributed by atoms with E-state index in [4.69, 9.17) is 0 Å². The molecule has 1 aliphatic heterocycles. The summed E-state index contributed by atoms with van der Waals surface area (Å²) in [5, 5.41) is 4.32. The number of rotatable bonds is 1. The number of benzene rings is 3. The Morgan fingerprint density at radius 2 is 1.54 bits per heavy atom. The lowest BCUT2D eigenvalue weighted by Crippen LogP contribution is -2.23. The van der Waals surface area contributed by atoms with Gasteiger partial charge in [-0.25, -0.2) is 0 Å². The average molecular weight is 333 g/mol. The van der Waals surface area contributed by atoms with Crippen LogP contribution in [0.25, 0.3) is 35.2 Å². The Morgan fingerprint density at radius 1 is 0.808 bits per heavy atom. The Morgan fingerprint density at radius 3 is 2.31 bits per heavy atom. The molecule has 0 aromatic heterocycles. The molecule has 3 aromatic rings. The first kappa shape index (κ1) is 15.0. The summed E-state index contributed by atoms with van der Waals surface area (Å²) in [6, 6.07) is 19.0. The van der Waals surface area contributed by atoms with Gasteiger partial charge >= 0.3 is 0 Å². The van der Waals surface area contributed by atoms with Crippen molar-refractivity contribution in [1.82, 2.24) is 0 Å². The van der Waals surface area contributed by atoms with Gasteiger partial charge in [0.1, 0.15) is 0 Å². The summed E-state index contributed by atoms with van der Waals surface area (Å²) in [6.07, 6.45) is 0.829. The van der Waals surface area contributed by atoms with Crippen molar-refractivity contribution >= 4 is 40.9 Å². The highest BCUT2D eigenvalue weighted by atomic mass is 15.2. The van der Waals surface area contributed by atoms with Crippen LogP contribution in [0.2, 0.25) is 0 Å². The lowest BCUT2D eigenvalue weighted by molar-refractivity contribution is 1.15. The third-order valence-corrected chi connectivity index (χ3v) is 5.53. The van der Waals surface area contributed by atoms with Crippen LogP contribution in [0.15, 0.2) is 79.0 Å². The maximum Gasteiger partial charge on any atom is 0.0579 e. The van der Waals surface area contributed by atoms with Crippen molar-refractivity contribution in [3.05, 3.63) is 101 Å². The molecule has 0 saturated heterocycles. The second-order valence-electron chi connectivity index (χ2n) is 7.01. The van der Waals surface area contributed by atoms with Crippen molar-refractivity contribution < 1.29 is 0 Å². The van der Waals surface area contributed by atoms with Crippen LogP contribution < -0.4 is 15.3 Å². The molecule has 1 heteroatoms. The summed E-state index contributed by atoms with van der Waals surface area (Å²) in [5.41, 5.74) is 8.24. The van der Waals surface area contributed by atoms with Gasteiger partial charge in [0.25, 0.3) is 0 Å². The Balaban J connectivity index is 1.83. The van der Waals surface area contributed by atoms with Crippen LogP contribution in [0.5, 0.6) is 0 Å². The van der Waals surface area contributed by atoms with Crippen LogP contribution in [0, 0.1) is 0 Å². The smallest absolute Gasteiger partial charge is 0.0579 e. The molecule has 5 rings (SSSR count). The van der Waals surface area contributed by atoms with E-state index in [0.717, 1.165) is 33.8 Å². The molecule has 0 fully saturated rings. The zero-order valence-corrected chi connectivity index (χ0v) is 14.7. The van der Waals surface area contributed by atoms with Gasteiger partial charge in [0.15, 0.2) is 0 Å². The van der Waals surface area contributed by atoms with Gasteiger partial charge in [0, 0.05) is 23.4 Å². The van der Waals surface area contributed by atoms with Gasteiger partial charge < -0.3 is 4.90 Å². The molecule has 3 aromatic carbocycles. The second-order valence-corrected chi connectivity index (χ2v) is 7.01. The number of hydrogen-bond donors (Lipinski definition) is 0. The third kappa shape index (κ3) is 1.80. The molecule has 0 radical (unpaired) electrons. The lowest BCUT2D eigenvalue weighted by atomic mass is 9.94. The molecule has 26 heavy (non-hydrogen) atoms. The minimum Gasteiger partial charge on any atom is -0.314 e. The van der Waals surface area contributed by atoms with E-state index in [1.807, 2.05) is 12.1 Å². The monoisotopic (exact) mass is 333 g/mol. The molecule has 0 saturated carbocycles. The fourth-order valence-corrected chi connectivity index (χ4v) is 4.28. The quantitative estimate of drug-likeness (QED) is 0.617. The molecule has 0 N–H and O–H groups in total. The van der Waals surface area contributed by atoms with Gasteiger partial charge in [0.2, 0.25) is 0 Å². The van der Waals surface area contributed by atoms with E-state index in [0.29, 0.717) is 0 Å². The van der Waals surface area contributed by atoms with E-state index in [-0.39, 0.29) is 0 Å². The molecule has 0 amide bonds. The molecule has 0 bridgehead atoms. The van der Waals surface area contributed by atoms with E-state index in [1.165, 1.54) is 33.2 Å². The van der Waals surface area contributed by atoms with Crippen molar-refractivity contribution in [3.63, 3.8) is 0 Å². The van der Waals surface area contributed by atoms with Gasteiger partial charge in [-0.3, -0.25) is 0 Å². The van der Waals surface area contributed by atoms with Crippen LogP contribution in [-0.4, -0.2) is 0 Å². The second kappa shape index (κ2) is 5.09. The highest BCUT2D eigenvalue weighted by Crippen LogP contribution is 2.52. The summed E-state index contributed by atoms with van der Waals surface area (Å²) >= 11 is 0. The van der Waals surface area contributed by atoms with E-state index in [1.54, 1.807) is 0 Å². The molecular formula is C25H19N. The number of anilines is 1. The van der Waals surface area contributed by atoms with Crippen LogP contribution in [-0.2, 0) is 0 Å². The Labute approximate surface area is 153 Å². The van der Waals surface area contributed by atoms with Crippen LogP contribution in [0.4, 0.5) is 5.69 Å². The van der Waals surface area contributed by atoms with E-state index in [2.05, 4.69) is 73.7 Å². The fraction of sp³-hybridized carbons (Fsp3) is 0.0400. The van der Waals surface area contributed by atoms with Crippen molar-refractivity contribution in [2.24, 2.45) is 0 Å². The molecule has 0 unspecified atom stereocenters. The van der Waals surface area contributed by atoms with Crippen molar-refractivity contribution in [2.75, 3.05) is 4.90 Å². The first-order valence-corrected chi connectivity index (χ1v) is 8.77. The molecule has 0 spiro atoms. The van der Waals surface area contributed by atoms with E-state index in [9.17, 15) is 0 Å². The Kier molecular flexibility index (Phi) is 2.93. The number of nitrogens with zero attached hydrogens (tertiary/aromatic N) is 1. The Bertz CT molecular complexity index is 1260. The largest absolute Gasteiger partial charge is 0.314 e. The number of allylic oxidation sites excluding steroid dienone is 2. The van der Waals surface area contributed by atoms with Gasteiger partial charge in [0.05, 0.1) is 5.70 Å². The SMILES string of the molecule is C=C1C2=C(c3ccc4ccc(=C)c(=C)c4c31)N(c1ccccc1)C(=C)C2. The van der Waals surface area contributed by atoms with Crippen molar-refractivity contribution in [3.8, 4) is 0 Å². The predicted octanol–water partition coefficient (Wildman–Crippen LogP) is 4.82. The van der Waals surface area contributed by atoms with Crippen molar-refractivity contribution in [1.29, 1.82) is 0 Å². The summed E-state index contributed by atoms with van der Waals surface area (Å²) < 4.78 is 0. The summed E-state index contributed by atoms with van der Waals surface area (Å²) in [7, 11) is 0. The van der Waals surface area contributed by atoms with E-state index >= 15 is 0 Å². The van der Waals surface area contributed by atoms with Crippen LogP contribution in [0.1, 0.15) is 17.5 Å². The zero-order chi connectivity index (χ0) is 18.0. The molecular weight excluding hydrogens is 314 g/mol. The van der Waals surface area contributed by atoms with Crippen molar-refractivity contribution in [2.45, 2.75) is 6.42 Å². The number of fused-ring (bicyclic) bond motifs is 4. The molecule has 124 valence electrons. The van der Waals surface area contributed by atoms with Gasteiger partial charge in [-0.15, -0.1) is 0 Å². The normalized spacial score (nSPS) is 15.8. The van der Waals surface area contributed by atoms with Gasteiger partial charge in [-0.2, -0.15) is 0 Å². The lowest BCUT2D eigenvalue weighted by Gasteiger charge is -2.24. The van der Waals surface area contributed by atoms with Crippen LogP contribution in [0.3, 0.4) is 0 Å². The Hall–Kier alpha value is -3.32. The number of para-hydroxylation sites is 1.